The maximum atomic E-state index is 12.4. The lowest BCUT2D eigenvalue weighted by Gasteiger charge is -2.41. The van der Waals surface area contributed by atoms with Gasteiger partial charge in [0.1, 0.15) is 18.6 Å². The molecule has 0 aliphatic rings. The van der Waals surface area contributed by atoms with Crippen LogP contribution in [0.4, 0.5) is 4.79 Å². The summed E-state index contributed by atoms with van der Waals surface area (Å²) in [7, 11) is -1.42. The predicted molar refractivity (Wildman–Crippen MR) is 169 cm³/mol. The number of pyridine rings is 1. The van der Waals surface area contributed by atoms with Crippen molar-refractivity contribution < 1.29 is 23.5 Å². The van der Waals surface area contributed by atoms with Crippen LogP contribution in [0.5, 0.6) is 5.75 Å². The van der Waals surface area contributed by atoms with Crippen LogP contribution in [0.3, 0.4) is 0 Å². The zero-order chi connectivity index (χ0) is 29.7. The van der Waals surface area contributed by atoms with Crippen molar-refractivity contribution in [3.63, 3.8) is 0 Å². The normalized spacial score (nSPS) is 13.8. The Kier molecular flexibility index (Phi) is 13.1. The number of unbranched alkanes of at least 4 members (excludes halogenated alkanes) is 2. The molecule has 0 unspecified atom stereocenters. The number of hydrogen-bond donors (Lipinski definition) is 4. The third-order valence-electron chi connectivity index (χ3n) is 7.30. The van der Waals surface area contributed by atoms with E-state index in [4.69, 9.17) is 18.7 Å². The van der Waals surface area contributed by atoms with Crippen LogP contribution in [0.25, 0.3) is 10.9 Å². The fourth-order valence-corrected chi connectivity index (χ4v) is 6.97. The van der Waals surface area contributed by atoms with Gasteiger partial charge in [-0.25, -0.2) is 4.79 Å². The number of H-pyrrole nitrogens is 1. The van der Waals surface area contributed by atoms with Gasteiger partial charge in [0.25, 0.3) is 0 Å². The highest BCUT2D eigenvalue weighted by Crippen LogP contribution is 2.43. The predicted octanol–water partition coefficient (Wildman–Crippen LogP) is 3.87. The molecule has 0 radical (unpaired) electrons. The molecule has 9 nitrogen and oxygen atoms in total. The molecule has 1 aromatic heterocycles. The van der Waals surface area contributed by atoms with Crippen molar-refractivity contribution in [2.45, 2.75) is 65.0 Å². The molecular weight excluding hydrogens is 555 g/mol. The Bertz CT molecular complexity index is 1280. The van der Waals surface area contributed by atoms with Crippen molar-refractivity contribution in [3.8, 4) is 5.75 Å². The van der Waals surface area contributed by atoms with E-state index in [0.29, 0.717) is 31.0 Å². The van der Waals surface area contributed by atoms with Gasteiger partial charge in [-0.3, -0.25) is 4.79 Å². The van der Waals surface area contributed by atoms with E-state index in [2.05, 4.69) is 48.6 Å². The Morgan fingerprint density at radius 3 is 2.37 bits per heavy atom. The summed E-state index contributed by atoms with van der Waals surface area (Å²) in [5.74, 6) is 0.648. The first-order valence-corrected chi connectivity index (χ1v) is 18.5. The largest absolute Gasteiger partial charge is 0.487 e. The fraction of sp³-hybridized carbons (Fsp3) is 0.467. The van der Waals surface area contributed by atoms with Gasteiger partial charge < -0.3 is 34.3 Å². The summed E-state index contributed by atoms with van der Waals surface area (Å²) in [6.45, 7) is 11.0. The molecule has 224 valence electrons. The second kappa shape index (κ2) is 16.5. The Morgan fingerprint density at radius 2 is 1.68 bits per heavy atom. The lowest BCUT2D eigenvalue weighted by molar-refractivity contribution is -0.0900. The first-order valence-electron chi connectivity index (χ1n) is 14.5. The second-order valence-electron chi connectivity index (χ2n) is 10.7. The fourth-order valence-electron chi connectivity index (χ4n) is 5.12. The van der Waals surface area contributed by atoms with Crippen molar-refractivity contribution in [2.75, 3.05) is 19.6 Å². The molecule has 0 saturated carbocycles. The number of hydrogen-bond acceptors (Lipinski definition) is 6. The van der Waals surface area contributed by atoms with Crippen LogP contribution in [-0.2, 0) is 15.5 Å². The SMILES string of the molecule is C[SiH2]OC(O[SiH2]C)C(C)(C)[C@H](CNCCCCCNC(=O)O)c1ccc(OCc2ccccc2)c2[nH]c(=O)ccc12. The Morgan fingerprint density at radius 1 is 0.976 bits per heavy atom. The van der Waals surface area contributed by atoms with Gasteiger partial charge >= 0.3 is 6.09 Å². The van der Waals surface area contributed by atoms with Gasteiger partial charge in [-0.2, -0.15) is 0 Å². The summed E-state index contributed by atoms with van der Waals surface area (Å²) in [5.41, 5.74) is 2.29. The van der Waals surface area contributed by atoms with E-state index in [1.54, 1.807) is 6.07 Å². The highest BCUT2D eigenvalue weighted by atomic mass is 28.2. The number of carbonyl (C=O) groups is 1. The summed E-state index contributed by atoms with van der Waals surface area (Å²) in [6, 6.07) is 17.5. The molecular formula is C30H45N3O6Si2. The molecule has 0 spiro atoms. The van der Waals surface area contributed by atoms with E-state index in [9.17, 15) is 9.59 Å². The van der Waals surface area contributed by atoms with E-state index < -0.39 is 25.6 Å². The van der Waals surface area contributed by atoms with Crippen molar-refractivity contribution >= 4 is 36.5 Å². The van der Waals surface area contributed by atoms with Crippen LogP contribution in [-0.4, -0.2) is 61.6 Å². The number of benzene rings is 2. The van der Waals surface area contributed by atoms with E-state index in [1.807, 2.05) is 42.5 Å². The quantitative estimate of drug-likeness (QED) is 0.0995. The lowest BCUT2D eigenvalue weighted by atomic mass is 9.73. The molecule has 2 aromatic carbocycles. The number of ether oxygens (including phenoxy) is 1. The Balaban J connectivity index is 1.89. The average Bonchev–Trinajstić information content (AvgIpc) is 2.95. The average molecular weight is 600 g/mol. The first-order chi connectivity index (χ1) is 19.8. The molecule has 0 saturated heterocycles. The van der Waals surface area contributed by atoms with Crippen LogP contribution >= 0.6 is 0 Å². The lowest BCUT2D eigenvalue weighted by Crippen LogP contribution is -2.44. The zero-order valence-electron chi connectivity index (χ0n) is 24.7. The topological polar surface area (TPSA) is 122 Å². The van der Waals surface area contributed by atoms with Gasteiger partial charge in [-0.1, -0.05) is 69.8 Å². The number of aromatic nitrogens is 1. The molecule has 0 aliphatic carbocycles. The number of amides is 1. The van der Waals surface area contributed by atoms with Gasteiger partial charge in [0.15, 0.2) is 19.5 Å². The highest BCUT2D eigenvalue weighted by Gasteiger charge is 2.40. The smallest absolute Gasteiger partial charge is 0.404 e. The molecule has 1 heterocycles. The maximum Gasteiger partial charge on any atom is 0.404 e. The van der Waals surface area contributed by atoms with E-state index >= 15 is 0 Å². The van der Waals surface area contributed by atoms with E-state index in [-0.39, 0.29) is 23.2 Å². The van der Waals surface area contributed by atoms with E-state index in [0.717, 1.165) is 42.3 Å². The highest BCUT2D eigenvalue weighted by molar-refractivity contribution is 6.26. The molecule has 11 heteroatoms. The molecule has 3 rings (SSSR count). The molecule has 41 heavy (non-hydrogen) atoms. The number of nitrogens with one attached hydrogen (secondary N) is 3. The minimum Gasteiger partial charge on any atom is -0.487 e. The summed E-state index contributed by atoms with van der Waals surface area (Å²) in [4.78, 5) is 26.1. The van der Waals surface area contributed by atoms with Crippen LogP contribution in [0, 0.1) is 5.41 Å². The molecule has 0 bridgehead atoms. The summed E-state index contributed by atoms with van der Waals surface area (Å²) in [5, 5.41) is 15.7. The number of rotatable bonds is 18. The number of carboxylic acid groups (broad SMARTS) is 1. The maximum absolute atomic E-state index is 12.4. The molecule has 0 fully saturated rings. The van der Waals surface area contributed by atoms with Crippen molar-refractivity contribution in [3.05, 3.63) is 76.1 Å². The third-order valence-corrected chi connectivity index (χ3v) is 8.57. The first kappa shape index (κ1) is 32.5. The Labute approximate surface area is 247 Å². The molecule has 4 N–H and O–H groups in total. The standard InChI is InChI=1S/C30H45N3O6Si2/c1-30(2,28(38-40-3)39-41-4)24(19-31-17-9-6-10-18-32-29(35)36)22-13-15-25(27-23(22)14-16-26(34)33-27)37-20-21-11-7-5-8-12-21/h5,7-8,11-16,24,28,31-32H,6,9-10,17-20,40-41H2,1-4H3,(H,33,34)(H,35,36)/t24-/m1/s1. The molecule has 1 atom stereocenters. The van der Waals surface area contributed by atoms with Gasteiger partial charge in [0, 0.05) is 35.9 Å². The second-order valence-corrected chi connectivity index (χ2v) is 12.5. The molecule has 3 aromatic rings. The van der Waals surface area contributed by atoms with Gasteiger partial charge in [0.2, 0.25) is 5.56 Å². The van der Waals surface area contributed by atoms with Crippen LogP contribution in [0.1, 0.15) is 50.2 Å². The number of fused-ring (bicyclic) bond motifs is 1. The Hall–Kier alpha value is -2.97. The third kappa shape index (κ3) is 9.54. The monoisotopic (exact) mass is 599 g/mol. The van der Waals surface area contributed by atoms with Crippen LogP contribution < -0.4 is 20.9 Å². The summed E-state index contributed by atoms with van der Waals surface area (Å²) < 4.78 is 18.7. The van der Waals surface area contributed by atoms with Crippen LogP contribution in [0.2, 0.25) is 13.1 Å². The van der Waals surface area contributed by atoms with Gasteiger partial charge in [0.05, 0.1) is 5.52 Å². The zero-order valence-corrected chi connectivity index (χ0v) is 27.5. The summed E-state index contributed by atoms with van der Waals surface area (Å²) >= 11 is 0. The van der Waals surface area contributed by atoms with E-state index in [1.165, 1.54) is 0 Å². The molecule has 1 amide bonds. The summed E-state index contributed by atoms with van der Waals surface area (Å²) in [6.07, 6.45) is 1.38. The minimum atomic E-state index is -0.984. The van der Waals surface area contributed by atoms with Crippen molar-refractivity contribution in [1.29, 1.82) is 0 Å². The minimum absolute atomic E-state index is 0.0128. The van der Waals surface area contributed by atoms with Crippen LogP contribution in [0.15, 0.2) is 59.4 Å². The van der Waals surface area contributed by atoms with Gasteiger partial charge in [-0.05, 0) is 42.6 Å². The van der Waals surface area contributed by atoms with Crippen molar-refractivity contribution in [2.24, 2.45) is 5.41 Å². The molecule has 0 aliphatic heterocycles. The van der Waals surface area contributed by atoms with Crippen molar-refractivity contribution in [1.82, 2.24) is 15.6 Å². The number of aromatic amines is 1. The van der Waals surface area contributed by atoms with Gasteiger partial charge in [-0.15, -0.1) is 0 Å².